The van der Waals surface area contributed by atoms with Crippen molar-refractivity contribution in [3.05, 3.63) is 58.4 Å². The van der Waals surface area contributed by atoms with Gasteiger partial charge in [-0.1, -0.05) is 12.1 Å². The average Bonchev–Trinajstić information content (AvgIpc) is 2.80. The first-order valence-corrected chi connectivity index (χ1v) is 9.75. The van der Waals surface area contributed by atoms with E-state index in [4.69, 9.17) is 9.47 Å². The Kier molecular flexibility index (Phi) is 5.31. The van der Waals surface area contributed by atoms with Crippen LogP contribution in [0.25, 0.3) is 11.0 Å². The summed E-state index contributed by atoms with van der Waals surface area (Å²) in [6.45, 7) is 2.06. The lowest BCUT2D eigenvalue weighted by molar-refractivity contribution is 0.0745. The molecule has 2 aromatic carbocycles. The number of carbonyl (C=O) groups excluding carboxylic acids is 1. The van der Waals surface area contributed by atoms with Gasteiger partial charge in [0, 0.05) is 44.9 Å². The number of hydrogen-bond donors (Lipinski definition) is 0. The van der Waals surface area contributed by atoms with Crippen LogP contribution >= 0.6 is 0 Å². The summed E-state index contributed by atoms with van der Waals surface area (Å²) in [6, 6.07) is 12.7. The number of anilines is 1. The maximum Gasteiger partial charge on any atom is 0.293 e. The van der Waals surface area contributed by atoms with Gasteiger partial charge < -0.3 is 23.8 Å². The van der Waals surface area contributed by atoms with Gasteiger partial charge in [-0.2, -0.15) is 0 Å². The quantitative estimate of drug-likeness (QED) is 0.656. The van der Waals surface area contributed by atoms with E-state index in [1.165, 1.54) is 0 Å². The molecular formula is C22H24N4O4. The Morgan fingerprint density at radius 2 is 1.60 bits per heavy atom. The van der Waals surface area contributed by atoms with Gasteiger partial charge in [0.2, 0.25) is 0 Å². The number of piperazine rings is 1. The van der Waals surface area contributed by atoms with E-state index < -0.39 is 0 Å². The van der Waals surface area contributed by atoms with Gasteiger partial charge in [0.1, 0.15) is 11.5 Å². The first-order valence-electron chi connectivity index (χ1n) is 9.75. The number of hydrogen-bond acceptors (Lipinski definition) is 6. The molecule has 1 saturated heterocycles. The molecule has 0 N–H and O–H groups in total. The van der Waals surface area contributed by atoms with Crippen molar-refractivity contribution in [2.75, 3.05) is 45.3 Å². The fourth-order valence-corrected chi connectivity index (χ4v) is 3.70. The van der Waals surface area contributed by atoms with E-state index in [2.05, 4.69) is 4.98 Å². The number of nitrogens with zero attached hydrogens (tertiary/aromatic N) is 4. The second-order valence-corrected chi connectivity index (χ2v) is 7.17. The van der Waals surface area contributed by atoms with E-state index >= 15 is 0 Å². The van der Waals surface area contributed by atoms with Crippen molar-refractivity contribution in [1.29, 1.82) is 0 Å². The third-order valence-corrected chi connectivity index (χ3v) is 5.43. The Balaban J connectivity index is 1.53. The SMILES string of the molecule is COc1cc(OC)cc(C(=O)N2CCN(c3nc4ccccc4n(C)c3=O)CC2)c1. The number of benzene rings is 2. The van der Waals surface area contributed by atoms with E-state index in [9.17, 15) is 9.59 Å². The number of rotatable bonds is 4. The highest BCUT2D eigenvalue weighted by Crippen LogP contribution is 2.24. The molecule has 156 valence electrons. The van der Waals surface area contributed by atoms with Crippen LogP contribution in [-0.2, 0) is 7.05 Å². The van der Waals surface area contributed by atoms with Gasteiger partial charge in [0.05, 0.1) is 25.3 Å². The number of ether oxygens (including phenoxy) is 2. The van der Waals surface area contributed by atoms with Crippen LogP contribution in [0, 0.1) is 0 Å². The topological polar surface area (TPSA) is 76.9 Å². The lowest BCUT2D eigenvalue weighted by Gasteiger charge is -2.35. The zero-order chi connectivity index (χ0) is 21.3. The molecule has 1 aliphatic rings. The van der Waals surface area contributed by atoms with Crippen LogP contribution in [0.2, 0.25) is 0 Å². The molecule has 30 heavy (non-hydrogen) atoms. The van der Waals surface area contributed by atoms with E-state index in [1.54, 1.807) is 48.9 Å². The molecule has 1 aromatic heterocycles. The average molecular weight is 408 g/mol. The standard InChI is InChI=1S/C22H24N4O4/c1-24-19-7-5-4-6-18(19)23-20(22(24)28)25-8-10-26(11-9-25)21(27)15-12-16(29-2)14-17(13-15)30-3/h4-7,12-14H,8-11H2,1-3H3. The highest BCUT2D eigenvalue weighted by Gasteiger charge is 2.25. The number of carbonyl (C=O) groups is 1. The second kappa shape index (κ2) is 8.06. The first kappa shape index (κ1) is 19.8. The second-order valence-electron chi connectivity index (χ2n) is 7.17. The maximum absolute atomic E-state index is 13.0. The predicted octanol–water partition coefficient (Wildman–Crippen LogP) is 1.91. The molecular weight excluding hydrogens is 384 g/mol. The van der Waals surface area contributed by atoms with Crippen molar-refractivity contribution >= 4 is 22.8 Å². The predicted molar refractivity (Wildman–Crippen MR) is 115 cm³/mol. The Bertz CT molecular complexity index is 1130. The number of para-hydroxylation sites is 2. The van der Waals surface area contributed by atoms with Crippen LogP contribution in [-0.4, -0.2) is 60.8 Å². The molecule has 0 aliphatic carbocycles. The Morgan fingerprint density at radius 1 is 0.967 bits per heavy atom. The molecule has 8 heteroatoms. The van der Waals surface area contributed by atoms with Crippen LogP contribution in [0.1, 0.15) is 10.4 Å². The number of aromatic nitrogens is 2. The van der Waals surface area contributed by atoms with E-state index in [-0.39, 0.29) is 11.5 Å². The van der Waals surface area contributed by atoms with Crippen molar-refractivity contribution in [3.63, 3.8) is 0 Å². The Labute approximate surface area is 174 Å². The molecule has 0 radical (unpaired) electrons. The van der Waals surface area contributed by atoms with Gasteiger partial charge in [0.15, 0.2) is 5.82 Å². The minimum atomic E-state index is -0.133. The van der Waals surface area contributed by atoms with Crippen LogP contribution in [0.15, 0.2) is 47.3 Å². The molecule has 2 heterocycles. The minimum Gasteiger partial charge on any atom is -0.497 e. The van der Waals surface area contributed by atoms with Crippen molar-refractivity contribution in [2.45, 2.75) is 0 Å². The van der Waals surface area contributed by atoms with Gasteiger partial charge in [-0.25, -0.2) is 4.98 Å². The van der Waals surface area contributed by atoms with Crippen molar-refractivity contribution in [3.8, 4) is 11.5 Å². The summed E-state index contributed by atoms with van der Waals surface area (Å²) in [6.07, 6.45) is 0. The van der Waals surface area contributed by atoms with E-state index in [0.717, 1.165) is 11.0 Å². The van der Waals surface area contributed by atoms with Crippen molar-refractivity contribution < 1.29 is 14.3 Å². The van der Waals surface area contributed by atoms with Crippen LogP contribution in [0.3, 0.4) is 0 Å². The summed E-state index contributed by atoms with van der Waals surface area (Å²) in [5.41, 5.74) is 1.95. The molecule has 0 saturated carbocycles. The molecule has 3 aromatic rings. The molecule has 4 rings (SSSR count). The fraction of sp³-hybridized carbons (Fsp3) is 0.318. The molecule has 1 fully saturated rings. The summed E-state index contributed by atoms with van der Waals surface area (Å²) in [7, 11) is 4.86. The number of aryl methyl sites for hydroxylation is 1. The minimum absolute atomic E-state index is 0.0915. The summed E-state index contributed by atoms with van der Waals surface area (Å²) in [4.78, 5) is 34.1. The molecule has 1 aliphatic heterocycles. The number of methoxy groups -OCH3 is 2. The normalized spacial score (nSPS) is 14.1. The molecule has 8 nitrogen and oxygen atoms in total. The van der Waals surface area contributed by atoms with Crippen LogP contribution < -0.4 is 19.9 Å². The van der Waals surface area contributed by atoms with Crippen LogP contribution in [0.5, 0.6) is 11.5 Å². The Morgan fingerprint density at radius 3 is 2.23 bits per heavy atom. The zero-order valence-corrected chi connectivity index (χ0v) is 17.3. The lowest BCUT2D eigenvalue weighted by atomic mass is 10.1. The number of fused-ring (bicyclic) bond motifs is 1. The molecule has 0 atom stereocenters. The van der Waals surface area contributed by atoms with E-state index in [1.807, 2.05) is 29.2 Å². The molecule has 0 spiro atoms. The molecule has 0 bridgehead atoms. The van der Waals surface area contributed by atoms with Gasteiger partial charge >= 0.3 is 0 Å². The third kappa shape index (κ3) is 3.56. The summed E-state index contributed by atoms with van der Waals surface area (Å²) in [5.74, 6) is 1.47. The first-order chi connectivity index (χ1) is 14.5. The maximum atomic E-state index is 13.0. The number of amides is 1. The van der Waals surface area contributed by atoms with E-state index in [0.29, 0.717) is 49.1 Å². The highest BCUT2D eigenvalue weighted by atomic mass is 16.5. The lowest BCUT2D eigenvalue weighted by Crippen LogP contribution is -2.50. The monoisotopic (exact) mass is 408 g/mol. The third-order valence-electron chi connectivity index (χ3n) is 5.43. The molecule has 0 unspecified atom stereocenters. The van der Waals surface area contributed by atoms with Gasteiger partial charge in [-0.3, -0.25) is 9.59 Å². The summed E-state index contributed by atoms with van der Waals surface area (Å²) in [5, 5.41) is 0. The van der Waals surface area contributed by atoms with Crippen molar-refractivity contribution in [2.24, 2.45) is 7.05 Å². The van der Waals surface area contributed by atoms with Crippen LogP contribution in [0.4, 0.5) is 5.82 Å². The van der Waals surface area contributed by atoms with Gasteiger partial charge in [0.25, 0.3) is 11.5 Å². The summed E-state index contributed by atoms with van der Waals surface area (Å²) < 4.78 is 12.2. The van der Waals surface area contributed by atoms with Gasteiger partial charge in [-0.15, -0.1) is 0 Å². The largest absolute Gasteiger partial charge is 0.497 e. The smallest absolute Gasteiger partial charge is 0.293 e. The summed E-state index contributed by atoms with van der Waals surface area (Å²) >= 11 is 0. The fourth-order valence-electron chi connectivity index (χ4n) is 3.70. The van der Waals surface area contributed by atoms with Crippen molar-refractivity contribution in [1.82, 2.24) is 14.5 Å². The zero-order valence-electron chi connectivity index (χ0n) is 17.3. The van der Waals surface area contributed by atoms with Gasteiger partial charge in [-0.05, 0) is 24.3 Å². The highest BCUT2D eigenvalue weighted by molar-refractivity contribution is 5.95. The Hall–Kier alpha value is -3.55. The molecule has 1 amide bonds.